The molecule has 30 heavy (non-hydrogen) atoms. The Balaban J connectivity index is 1.61. The molecule has 0 radical (unpaired) electrons. The topological polar surface area (TPSA) is 85.1 Å². The third-order valence-electron chi connectivity index (χ3n) is 5.64. The summed E-state index contributed by atoms with van der Waals surface area (Å²) in [5, 5.41) is 0. The lowest BCUT2D eigenvalue weighted by molar-refractivity contribution is -0.177. The third kappa shape index (κ3) is 4.09. The van der Waals surface area contributed by atoms with E-state index < -0.39 is 18.5 Å². The lowest BCUT2D eigenvalue weighted by Gasteiger charge is -2.38. The highest BCUT2D eigenvalue weighted by Crippen LogP contribution is 2.34. The summed E-state index contributed by atoms with van der Waals surface area (Å²) in [6, 6.07) is 19.4. The molecule has 0 unspecified atom stereocenters. The first-order valence-corrected chi connectivity index (χ1v) is 10.2. The normalized spacial score (nSPS) is 25.4. The van der Waals surface area contributed by atoms with E-state index in [0.29, 0.717) is 26.1 Å². The van der Waals surface area contributed by atoms with Gasteiger partial charge < -0.3 is 25.0 Å². The van der Waals surface area contributed by atoms with E-state index in [9.17, 15) is 9.59 Å². The minimum Gasteiger partial charge on any atom is -0.342 e. The van der Waals surface area contributed by atoms with Gasteiger partial charge in [0.15, 0.2) is 18.5 Å². The van der Waals surface area contributed by atoms with Crippen LogP contribution in [0.4, 0.5) is 0 Å². The largest absolute Gasteiger partial charge is 0.342 e. The summed E-state index contributed by atoms with van der Waals surface area (Å²) in [7, 11) is 1.66. The highest BCUT2D eigenvalue weighted by atomic mass is 16.7. The Morgan fingerprint density at radius 3 is 2.30 bits per heavy atom. The van der Waals surface area contributed by atoms with Crippen LogP contribution in [0.25, 0.3) is 0 Å². The number of rotatable bonds is 7. The highest BCUT2D eigenvalue weighted by Gasteiger charge is 2.55. The molecule has 2 heterocycles. The number of hydrogen-bond acceptors (Lipinski definition) is 5. The Morgan fingerprint density at radius 2 is 1.67 bits per heavy atom. The number of carbonyl (C=O) groups excluding carboxylic acids is 2. The number of nitrogens with zero attached hydrogens (tertiary/aromatic N) is 2. The van der Waals surface area contributed by atoms with E-state index in [1.165, 1.54) is 4.90 Å². The minimum atomic E-state index is -0.946. The van der Waals surface area contributed by atoms with Crippen LogP contribution in [0.1, 0.15) is 11.1 Å². The molecule has 2 bridgehead atoms. The lowest BCUT2D eigenvalue weighted by Crippen LogP contribution is -2.56. The fourth-order valence-electron chi connectivity index (χ4n) is 4.05. The number of ether oxygens (including phenoxy) is 2. The summed E-state index contributed by atoms with van der Waals surface area (Å²) in [4.78, 5) is 29.6. The fourth-order valence-corrected chi connectivity index (χ4v) is 4.05. The van der Waals surface area contributed by atoms with Crippen LogP contribution in [0.2, 0.25) is 0 Å². The predicted octanol–water partition coefficient (Wildman–Crippen LogP) is 1.17. The molecule has 0 saturated carbocycles. The second-order valence-electron chi connectivity index (χ2n) is 7.74. The monoisotopic (exact) mass is 409 g/mol. The Morgan fingerprint density at radius 1 is 1.03 bits per heavy atom. The molecule has 7 nitrogen and oxygen atoms in total. The quantitative estimate of drug-likeness (QED) is 0.742. The Hall–Kier alpha value is -2.74. The van der Waals surface area contributed by atoms with E-state index in [-0.39, 0.29) is 17.9 Å². The van der Waals surface area contributed by atoms with Crippen LogP contribution < -0.4 is 5.73 Å². The fraction of sp³-hybridized carbons (Fsp3) is 0.391. The zero-order chi connectivity index (χ0) is 21.1. The SMILES string of the molecule is CN(CCN)C(=O)[C@@H]1O[C@@H]2O[C@H]1C(=O)N(Cc1ccccc1)[C@H]2Cc1ccccc1. The van der Waals surface area contributed by atoms with E-state index in [1.54, 1.807) is 11.9 Å². The van der Waals surface area contributed by atoms with Crippen LogP contribution in [0.5, 0.6) is 0 Å². The molecule has 4 rings (SSSR count). The first-order chi connectivity index (χ1) is 14.6. The molecule has 4 atom stereocenters. The first-order valence-electron chi connectivity index (χ1n) is 10.2. The molecule has 158 valence electrons. The summed E-state index contributed by atoms with van der Waals surface area (Å²) in [6.45, 7) is 1.18. The number of nitrogens with two attached hydrogens (primary N) is 1. The van der Waals surface area contributed by atoms with E-state index in [4.69, 9.17) is 15.2 Å². The summed E-state index contributed by atoms with van der Waals surface area (Å²) in [6.07, 6.45) is -1.95. The average molecular weight is 409 g/mol. The van der Waals surface area contributed by atoms with Crippen LogP contribution in [0.3, 0.4) is 0 Å². The Kier molecular flexibility index (Phi) is 6.13. The third-order valence-corrected chi connectivity index (χ3v) is 5.64. The van der Waals surface area contributed by atoms with E-state index in [2.05, 4.69) is 0 Å². The molecule has 2 saturated heterocycles. The maximum absolute atomic E-state index is 13.4. The van der Waals surface area contributed by atoms with Gasteiger partial charge in [-0.1, -0.05) is 60.7 Å². The Bertz CT molecular complexity index is 877. The van der Waals surface area contributed by atoms with Gasteiger partial charge in [-0.2, -0.15) is 0 Å². The van der Waals surface area contributed by atoms with Crippen LogP contribution in [-0.2, 0) is 32.0 Å². The lowest BCUT2D eigenvalue weighted by atomic mass is 10.0. The first kappa shape index (κ1) is 20.5. The number of carbonyl (C=O) groups is 2. The molecule has 2 N–H and O–H groups in total. The molecule has 2 aliphatic heterocycles. The van der Waals surface area contributed by atoms with Gasteiger partial charge in [0, 0.05) is 26.7 Å². The number of benzene rings is 2. The zero-order valence-corrected chi connectivity index (χ0v) is 17.0. The van der Waals surface area contributed by atoms with Crippen molar-refractivity contribution in [2.75, 3.05) is 20.1 Å². The summed E-state index contributed by atoms with van der Waals surface area (Å²) in [5.74, 6) is -0.491. The van der Waals surface area contributed by atoms with Gasteiger partial charge in [-0.05, 0) is 17.5 Å². The number of morpholine rings is 1. The molecule has 7 heteroatoms. The molecule has 0 spiro atoms. The average Bonchev–Trinajstić information content (AvgIpc) is 3.17. The summed E-state index contributed by atoms with van der Waals surface area (Å²) >= 11 is 0. The maximum atomic E-state index is 13.4. The number of amides is 2. The molecular weight excluding hydrogens is 382 g/mol. The Labute approximate surface area is 176 Å². The number of hydrogen-bond donors (Lipinski definition) is 1. The summed E-state index contributed by atoms with van der Waals surface area (Å²) < 4.78 is 12.0. The van der Waals surface area contributed by atoms with Crippen molar-refractivity contribution < 1.29 is 19.1 Å². The molecule has 2 fully saturated rings. The van der Waals surface area contributed by atoms with Crippen molar-refractivity contribution in [3.05, 3.63) is 71.8 Å². The van der Waals surface area contributed by atoms with Crippen molar-refractivity contribution in [1.82, 2.24) is 9.80 Å². The molecule has 2 aromatic carbocycles. The maximum Gasteiger partial charge on any atom is 0.255 e. The van der Waals surface area contributed by atoms with E-state index in [1.807, 2.05) is 60.7 Å². The molecule has 2 amide bonds. The van der Waals surface area contributed by atoms with Gasteiger partial charge in [0.2, 0.25) is 0 Å². The van der Waals surface area contributed by atoms with Crippen LogP contribution in [0, 0.1) is 0 Å². The second kappa shape index (κ2) is 8.95. The van der Waals surface area contributed by atoms with Gasteiger partial charge in [-0.3, -0.25) is 9.59 Å². The van der Waals surface area contributed by atoms with Crippen molar-refractivity contribution in [2.45, 2.75) is 37.5 Å². The smallest absolute Gasteiger partial charge is 0.255 e. The van der Waals surface area contributed by atoms with Crippen LogP contribution in [-0.4, -0.2) is 66.3 Å². The predicted molar refractivity (Wildman–Crippen MR) is 111 cm³/mol. The molecular formula is C23H27N3O4. The van der Waals surface area contributed by atoms with Crippen molar-refractivity contribution in [3.8, 4) is 0 Å². The van der Waals surface area contributed by atoms with Crippen molar-refractivity contribution >= 4 is 11.8 Å². The standard InChI is InChI=1S/C23H27N3O4/c1-25(13-12-24)21(27)19-20-22(28)26(15-17-10-6-3-7-11-17)18(23(29-19)30-20)14-16-8-4-2-5-9-16/h2-11,18-20,23H,12-15,24H2,1H3/t18-,19+,20+,23+/m0/s1. The molecule has 2 aromatic rings. The van der Waals surface area contributed by atoms with Gasteiger partial charge in [0.1, 0.15) is 0 Å². The minimum absolute atomic E-state index is 0.215. The molecule has 0 aromatic heterocycles. The van der Waals surface area contributed by atoms with Crippen molar-refractivity contribution in [2.24, 2.45) is 5.73 Å². The van der Waals surface area contributed by atoms with Crippen molar-refractivity contribution in [1.29, 1.82) is 0 Å². The van der Waals surface area contributed by atoms with Gasteiger partial charge in [-0.15, -0.1) is 0 Å². The van der Waals surface area contributed by atoms with Crippen LogP contribution >= 0.6 is 0 Å². The zero-order valence-electron chi connectivity index (χ0n) is 17.0. The van der Waals surface area contributed by atoms with Crippen LogP contribution in [0.15, 0.2) is 60.7 Å². The highest BCUT2D eigenvalue weighted by molar-refractivity contribution is 5.92. The molecule has 2 aliphatic rings. The molecule has 0 aliphatic carbocycles. The van der Waals surface area contributed by atoms with Gasteiger partial charge in [0.25, 0.3) is 11.8 Å². The number of fused-ring (bicyclic) bond motifs is 2. The van der Waals surface area contributed by atoms with Gasteiger partial charge >= 0.3 is 0 Å². The summed E-state index contributed by atoms with van der Waals surface area (Å²) in [5.41, 5.74) is 7.67. The van der Waals surface area contributed by atoms with Gasteiger partial charge in [-0.25, -0.2) is 0 Å². The number of likely N-dealkylation sites (N-methyl/N-ethyl adjacent to an activating group) is 1. The second-order valence-corrected chi connectivity index (χ2v) is 7.74. The van der Waals surface area contributed by atoms with Crippen molar-refractivity contribution in [3.63, 3.8) is 0 Å². The van der Waals surface area contributed by atoms with E-state index >= 15 is 0 Å². The van der Waals surface area contributed by atoms with Gasteiger partial charge in [0.05, 0.1) is 6.04 Å². The van der Waals surface area contributed by atoms with E-state index in [0.717, 1.165) is 11.1 Å².